The Kier molecular flexibility index (Phi) is 6.17. The topological polar surface area (TPSA) is 80.0 Å². The molecule has 2 fully saturated rings. The van der Waals surface area contributed by atoms with Crippen molar-refractivity contribution in [3.63, 3.8) is 0 Å². The monoisotopic (exact) mass is 461 g/mol. The summed E-state index contributed by atoms with van der Waals surface area (Å²) in [6.07, 6.45) is 5.13. The molecule has 2 aliphatic rings. The maximum absolute atomic E-state index is 12.8. The van der Waals surface area contributed by atoms with Crippen LogP contribution in [0.2, 0.25) is 0 Å². The molecule has 0 unspecified atom stereocenters. The molecular formula is C28H31NO5. The molecule has 3 aromatic rings. The second-order valence-corrected chi connectivity index (χ2v) is 9.74. The number of aliphatic hydroxyl groups is 1. The van der Waals surface area contributed by atoms with Gasteiger partial charge in [0.2, 0.25) is 0 Å². The Hall–Kier alpha value is -3.12. The van der Waals surface area contributed by atoms with Crippen LogP contribution in [0, 0.1) is 12.8 Å². The van der Waals surface area contributed by atoms with Crippen LogP contribution in [0.15, 0.2) is 57.7 Å². The Morgan fingerprint density at radius 1 is 1.18 bits per heavy atom. The molecule has 0 spiro atoms. The van der Waals surface area contributed by atoms with Crippen molar-refractivity contribution in [3.05, 3.63) is 75.6 Å². The summed E-state index contributed by atoms with van der Waals surface area (Å²) in [5.41, 5.74) is 2.09. The number of hydrogen-bond donors (Lipinski definition) is 1. The van der Waals surface area contributed by atoms with Crippen LogP contribution in [0.25, 0.3) is 11.0 Å². The normalized spacial score (nSPS) is 22.4. The van der Waals surface area contributed by atoms with Gasteiger partial charge in [0.05, 0.1) is 5.60 Å². The highest BCUT2D eigenvalue weighted by molar-refractivity contribution is 5.83. The standard InChI is InChI=1S/C28H31NO5/c1-19-23-11-10-22(16-25(23)34-27(31)24(19)15-20-7-3-2-4-8-20)33-18-26(30)29-14-13-28(32)12-6-5-9-21(28)17-29/h2-4,7-8,10-11,16,21,32H,5-6,9,12-15,17-18H2,1H3/t21-,28-/m0/s1. The summed E-state index contributed by atoms with van der Waals surface area (Å²) >= 11 is 0. The molecule has 0 radical (unpaired) electrons. The molecule has 1 aromatic heterocycles. The van der Waals surface area contributed by atoms with E-state index in [1.807, 2.05) is 54.3 Å². The first-order valence-electron chi connectivity index (χ1n) is 12.2. The van der Waals surface area contributed by atoms with Crippen LogP contribution in [0.3, 0.4) is 0 Å². The molecule has 6 nitrogen and oxygen atoms in total. The molecule has 6 heteroatoms. The van der Waals surface area contributed by atoms with Gasteiger partial charge in [-0.05, 0) is 49.4 Å². The molecule has 2 aromatic carbocycles. The maximum atomic E-state index is 12.8. The summed E-state index contributed by atoms with van der Waals surface area (Å²) < 4.78 is 11.4. The predicted octanol–water partition coefficient (Wildman–Crippen LogP) is 4.22. The highest BCUT2D eigenvalue weighted by Crippen LogP contribution is 2.39. The van der Waals surface area contributed by atoms with E-state index in [4.69, 9.17) is 9.15 Å². The van der Waals surface area contributed by atoms with E-state index >= 15 is 0 Å². The molecule has 2 atom stereocenters. The third-order valence-electron chi connectivity index (χ3n) is 7.63. The van der Waals surface area contributed by atoms with E-state index < -0.39 is 5.60 Å². The number of rotatable bonds is 5. The summed E-state index contributed by atoms with van der Waals surface area (Å²) in [5, 5.41) is 11.7. The van der Waals surface area contributed by atoms with Gasteiger partial charge in [0.25, 0.3) is 5.91 Å². The summed E-state index contributed by atoms with van der Waals surface area (Å²) in [7, 11) is 0. The second-order valence-electron chi connectivity index (χ2n) is 9.74. The molecule has 1 aliphatic heterocycles. The molecule has 1 saturated carbocycles. The fourth-order valence-corrected chi connectivity index (χ4v) is 5.50. The predicted molar refractivity (Wildman–Crippen MR) is 130 cm³/mol. The van der Waals surface area contributed by atoms with Crippen molar-refractivity contribution >= 4 is 16.9 Å². The number of amides is 1. The van der Waals surface area contributed by atoms with Crippen molar-refractivity contribution < 1.29 is 19.1 Å². The van der Waals surface area contributed by atoms with Gasteiger partial charge in [0.1, 0.15) is 11.3 Å². The summed E-state index contributed by atoms with van der Waals surface area (Å²) in [6.45, 7) is 3.01. The molecule has 2 heterocycles. The zero-order valence-electron chi connectivity index (χ0n) is 19.6. The van der Waals surface area contributed by atoms with Gasteiger partial charge < -0.3 is 19.2 Å². The number of aryl methyl sites for hydroxylation is 1. The summed E-state index contributed by atoms with van der Waals surface area (Å²) in [4.78, 5) is 27.3. The molecule has 178 valence electrons. The molecule has 34 heavy (non-hydrogen) atoms. The number of nitrogens with zero attached hydrogens (tertiary/aromatic N) is 1. The van der Waals surface area contributed by atoms with Crippen LogP contribution >= 0.6 is 0 Å². The second kappa shape index (κ2) is 9.26. The van der Waals surface area contributed by atoms with E-state index in [1.54, 1.807) is 6.07 Å². The molecule has 1 saturated heterocycles. The number of piperidine rings is 1. The van der Waals surface area contributed by atoms with Crippen LogP contribution in [0.5, 0.6) is 5.75 Å². The maximum Gasteiger partial charge on any atom is 0.340 e. The SMILES string of the molecule is Cc1c(Cc2ccccc2)c(=O)oc2cc(OCC(=O)N3CC[C@@]4(O)CCCC[C@H]4C3)ccc12. The Morgan fingerprint density at radius 3 is 2.82 bits per heavy atom. The Bertz CT molecular complexity index is 1250. The lowest BCUT2D eigenvalue weighted by Gasteiger charge is -2.47. The van der Waals surface area contributed by atoms with E-state index in [0.29, 0.717) is 42.8 Å². The first-order valence-corrected chi connectivity index (χ1v) is 12.2. The average Bonchev–Trinajstić information content (AvgIpc) is 2.85. The van der Waals surface area contributed by atoms with Crippen molar-refractivity contribution in [2.75, 3.05) is 19.7 Å². The van der Waals surface area contributed by atoms with Gasteiger partial charge in [-0.3, -0.25) is 4.79 Å². The van der Waals surface area contributed by atoms with Crippen molar-refractivity contribution in [3.8, 4) is 5.75 Å². The number of benzene rings is 2. The fourth-order valence-electron chi connectivity index (χ4n) is 5.50. The van der Waals surface area contributed by atoms with Crippen LogP contribution in [0.4, 0.5) is 0 Å². The fraction of sp³-hybridized carbons (Fsp3) is 0.429. The van der Waals surface area contributed by atoms with E-state index in [1.165, 1.54) is 0 Å². The molecule has 5 rings (SSSR count). The van der Waals surface area contributed by atoms with Crippen LogP contribution in [-0.2, 0) is 11.2 Å². The largest absolute Gasteiger partial charge is 0.484 e. The summed E-state index contributed by atoms with van der Waals surface area (Å²) in [5.74, 6) is 0.566. The lowest BCUT2D eigenvalue weighted by atomic mass is 9.71. The minimum atomic E-state index is -0.608. The van der Waals surface area contributed by atoms with Crippen molar-refractivity contribution in [2.45, 2.75) is 51.0 Å². The quantitative estimate of drug-likeness (QED) is 0.576. The Balaban J connectivity index is 1.27. The van der Waals surface area contributed by atoms with Crippen LogP contribution in [0.1, 0.15) is 48.8 Å². The number of hydrogen-bond acceptors (Lipinski definition) is 5. The average molecular weight is 462 g/mol. The van der Waals surface area contributed by atoms with Crippen molar-refractivity contribution in [2.24, 2.45) is 5.92 Å². The van der Waals surface area contributed by atoms with Gasteiger partial charge in [-0.25, -0.2) is 4.79 Å². The van der Waals surface area contributed by atoms with E-state index in [9.17, 15) is 14.7 Å². The highest BCUT2D eigenvalue weighted by atomic mass is 16.5. The molecule has 1 aliphatic carbocycles. The number of carbonyl (C=O) groups excluding carboxylic acids is 1. The lowest BCUT2D eigenvalue weighted by Crippen LogP contribution is -2.55. The van der Waals surface area contributed by atoms with Crippen LogP contribution in [-0.4, -0.2) is 41.2 Å². The van der Waals surface area contributed by atoms with Gasteiger partial charge in [-0.2, -0.15) is 0 Å². The number of ether oxygens (including phenoxy) is 1. The number of carbonyl (C=O) groups is 1. The molecule has 0 bridgehead atoms. The molecule has 1 amide bonds. The highest BCUT2D eigenvalue weighted by Gasteiger charge is 2.43. The lowest BCUT2D eigenvalue weighted by molar-refractivity contribution is -0.145. The molecular weight excluding hydrogens is 430 g/mol. The van der Waals surface area contributed by atoms with E-state index in [-0.39, 0.29) is 24.1 Å². The van der Waals surface area contributed by atoms with Gasteiger partial charge in [-0.15, -0.1) is 0 Å². The van der Waals surface area contributed by atoms with Gasteiger partial charge in [-0.1, -0.05) is 43.2 Å². The van der Waals surface area contributed by atoms with Gasteiger partial charge in [0, 0.05) is 42.4 Å². The summed E-state index contributed by atoms with van der Waals surface area (Å²) in [6, 6.07) is 15.2. The van der Waals surface area contributed by atoms with E-state index in [2.05, 4.69) is 0 Å². The number of fused-ring (bicyclic) bond motifs is 2. The Labute approximate surface area is 199 Å². The minimum absolute atomic E-state index is 0.0774. The minimum Gasteiger partial charge on any atom is -0.484 e. The van der Waals surface area contributed by atoms with Crippen molar-refractivity contribution in [1.82, 2.24) is 4.90 Å². The third kappa shape index (κ3) is 4.47. The smallest absolute Gasteiger partial charge is 0.340 e. The zero-order valence-corrected chi connectivity index (χ0v) is 19.6. The third-order valence-corrected chi connectivity index (χ3v) is 7.63. The van der Waals surface area contributed by atoms with E-state index in [0.717, 1.165) is 42.2 Å². The van der Waals surface area contributed by atoms with Crippen molar-refractivity contribution in [1.29, 1.82) is 0 Å². The Morgan fingerprint density at radius 2 is 2.00 bits per heavy atom. The first-order chi connectivity index (χ1) is 16.4. The van der Waals surface area contributed by atoms with Gasteiger partial charge in [0.15, 0.2) is 6.61 Å². The first kappa shape index (κ1) is 22.7. The number of likely N-dealkylation sites (tertiary alicyclic amines) is 1. The molecule has 1 N–H and O–H groups in total. The zero-order chi connectivity index (χ0) is 23.7. The van der Waals surface area contributed by atoms with Gasteiger partial charge >= 0.3 is 5.63 Å². The van der Waals surface area contributed by atoms with Crippen LogP contribution < -0.4 is 10.4 Å².